The maximum absolute atomic E-state index is 12.6. The maximum atomic E-state index is 12.6. The molecule has 0 aliphatic carbocycles. The number of carboxylic acid groups (broad SMARTS) is 1. The lowest BCUT2D eigenvalue weighted by Crippen LogP contribution is -2.50. The highest BCUT2D eigenvalue weighted by atomic mass is 16.4. The second-order valence-electron chi connectivity index (χ2n) is 6.29. The number of nitrogens with one attached hydrogen (secondary N) is 1. The first kappa shape index (κ1) is 15.6. The van der Waals surface area contributed by atoms with Crippen LogP contribution in [-0.2, 0) is 9.59 Å². The van der Waals surface area contributed by atoms with E-state index < -0.39 is 17.8 Å². The summed E-state index contributed by atoms with van der Waals surface area (Å²) in [7, 11) is 0. The molecule has 1 aromatic rings. The van der Waals surface area contributed by atoms with Crippen molar-refractivity contribution in [3.05, 3.63) is 24.0 Å². The number of carbonyl (C=O) groups is 3. The van der Waals surface area contributed by atoms with Gasteiger partial charge < -0.3 is 19.9 Å². The molecule has 124 valence electrons. The molecule has 3 rings (SSSR count). The van der Waals surface area contributed by atoms with Gasteiger partial charge in [0.2, 0.25) is 5.91 Å². The van der Waals surface area contributed by atoms with Crippen LogP contribution in [0.25, 0.3) is 0 Å². The van der Waals surface area contributed by atoms with Crippen molar-refractivity contribution in [3.63, 3.8) is 0 Å². The molecule has 23 heavy (non-hydrogen) atoms. The Hall–Kier alpha value is -2.31. The Kier molecular flexibility index (Phi) is 4.36. The number of aliphatic carboxylic acids is 1. The summed E-state index contributed by atoms with van der Waals surface area (Å²) < 4.78 is 0. The molecule has 2 N–H and O–H groups in total. The van der Waals surface area contributed by atoms with Crippen LogP contribution in [0.4, 0.5) is 0 Å². The molecule has 2 atom stereocenters. The molecule has 0 saturated carbocycles. The zero-order valence-electron chi connectivity index (χ0n) is 12.9. The number of likely N-dealkylation sites (tertiary alicyclic amines) is 2. The van der Waals surface area contributed by atoms with E-state index in [1.165, 1.54) is 4.90 Å². The van der Waals surface area contributed by atoms with Gasteiger partial charge >= 0.3 is 5.97 Å². The third-order valence-electron chi connectivity index (χ3n) is 4.68. The highest BCUT2D eigenvalue weighted by Gasteiger charge is 2.39. The first-order chi connectivity index (χ1) is 11.1. The number of hydrogen-bond acceptors (Lipinski definition) is 3. The van der Waals surface area contributed by atoms with E-state index in [1.54, 1.807) is 23.2 Å². The predicted molar refractivity (Wildman–Crippen MR) is 81.7 cm³/mol. The Morgan fingerprint density at radius 3 is 2.39 bits per heavy atom. The molecule has 2 aliphatic heterocycles. The molecule has 3 heterocycles. The number of carboxylic acids is 1. The number of H-pyrrole nitrogens is 1. The molecule has 0 spiro atoms. The Labute approximate surface area is 134 Å². The van der Waals surface area contributed by atoms with Crippen molar-refractivity contribution in [1.29, 1.82) is 0 Å². The number of rotatable bonds is 3. The summed E-state index contributed by atoms with van der Waals surface area (Å²) in [6.07, 6.45) is 3.94. The Morgan fingerprint density at radius 1 is 1.09 bits per heavy atom. The zero-order valence-corrected chi connectivity index (χ0v) is 12.9. The van der Waals surface area contributed by atoms with Gasteiger partial charge in [-0.15, -0.1) is 0 Å². The molecule has 0 radical (unpaired) electrons. The zero-order chi connectivity index (χ0) is 16.4. The lowest BCUT2D eigenvalue weighted by Gasteiger charge is -2.36. The van der Waals surface area contributed by atoms with E-state index in [0.29, 0.717) is 12.1 Å². The van der Waals surface area contributed by atoms with Crippen LogP contribution in [0.3, 0.4) is 0 Å². The number of amides is 2. The minimum atomic E-state index is -0.951. The third kappa shape index (κ3) is 3.23. The number of carbonyl (C=O) groups excluding carboxylic acids is 2. The van der Waals surface area contributed by atoms with Crippen LogP contribution in [0.2, 0.25) is 0 Å². The molecular weight excluding hydrogens is 298 g/mol. The van der Waals surface area contributed by atoms with Crippen molar-refractivity contribution in [3.8, 4) is 0 Å². The summed E-state index contributed by atoms with van der Waals surface area (Å²) in [6.45, 7) is 1.91. The SMILES string of the molecule is O=C(O)[C@H]1C[C@@H](C(=O)N2CCCC2)CN(C(=O)c2ccc[nH]2)C1. The highest BCUT2D eigenvalue weighted by Crippen LogP contribution is 2.26. The minimum absolute atomic E-state index is 0.0160. The van der Waals surface area contributed by atoms with Crippen LogP contribution in [0, 0.1) is 11.8 Å². The smallest absolute Gasteiger partial charge is 0.308 e. The summed E-state index contributed by atoms with van der Waals surface area (Å²) in [5.74, 6) is -2.34. The molecule has 2 amide bonds. The van der Waals surface area contributed by atoms with E-state index >= 15 is 0 Å². The van der Waals surface area contributed by atoms with E-state index in [4.69, 9.17) is 0 Å². The van der Waals surface area contributed by atoms with Gasteiger partial charge in [0.15, 0.2) is 0 Å². The first-order valence-corrected chi connectivity index (χ1v) is 8.00. The minimum Gasteiger partial charge on any atom is -0.481 e. The van der Waals surface area contributed by atoms with E-state index in [-0.39, 0.29) is 24.9 Å². The number of hydrogen-bond donors (Lipinski definition) is 2. The van der Waals surface area contributed by atoms with Crippen LogP contribution in [-0.4, -0.2) is 63.9 Å². The summed E-state index contributed by atoms with van der Waals surface area (Å²) in [4.78, 5) is 42.7. The predicted octanol–water partition coefficient (Wildman–Crippen LogP) is 0.800. The van der Waals surface area contributed by atoms with E-state index in [1.807, 2.05) is 0 Å². The first-order valence-electron chi connectivity index (χ1n) is 8.00. The Balaban J connectivity index is 1.76. The van der Waals surface area contributed by atoms with Gasteiger partial charge in [-0.3, -0.25) is 14.4 Å². The van der Waals surface area contributed by atoms with E-state index in [0.717, 1.165) is 25.9 Å². The van der Waals surface area contributed by atoms with Gasteiger partial charge in [0.05, 0.1) is 11.8 Å². The van der Waals surface area contributed by atoms with Gasteiger partial charge in [0.1, 0.15) is 5.69 Å². The van der Waals surface area contributed by atoms with Gasteiger partial charge in [-0.2, -0.15) is 0 Å². The summed E-state index contributed by atoms with van der Waals surface area (Å²) in [5.41, 5.74) is 0.420. The molecule has 0 bridgehead atoms. The summed E-state index contributed by atoms with van der Waals surface area (Å²) in [6, 6.07) is 3.38. The molecule has 2 aliphatic rings. The van der Waals surface area contributed by atoms with Crippen molar-refractivity contribution in [2.24, 2.45) is 11.8 Å². The second kappa shape index (κ2) is 6.44. The largest absolute Gasteiger partial charge is 0.481 e. The molecule has 7 heteroatoms. The molecule has 0 aromatic carbocycles. The van der Waals surface area contributed by atoms with Gasteiger partial charge in [-0.05, 0) is 31.4 Å². The second-order valence-corrected chi connectivity index (χ2v) is 6.29. The van der Waals surface area contributed by atoms with Crippen molar-refractivity contribution in [2.75, 3.05) is 26.2 Å². The summed E-state index contributed by atoms with van der Waals surface area (Å²) in [5, 5.41) is 9.36. The van der Waals surface area contributed by atoms with Crippen molar-refractivity contribution >= 4 is 17.8 Å². The fraction of sp³-hybridized carbons (Fsp3) is 0.562. The van der Waals surface area contributed by atoms with Crippen LogP contribution in [0.5, 0.6) is 0 Å². The van der Waals surface area contributed by atoms with Gasteiger partial charge in [0, 0.05) is 32.4 Å². The van der Waals surface area contributed by atoms with Gasteiger partial charge in [-0.25, -0.2) is 0 Å². The Morgan fingerprint density at radius 2 is 1.78 bits per heavy atom. The average Bonchev–Trinajstić information content (AvgIpc) is 3.26. The van der Waals surface area contributed by atoms with Crippen molar-refractivity contribution in [1.82, 2.24) is 14.8 Å². The van der Waals surface area contributed by atoms with Crippen molar-refractivity contribution in [2.45, 2.75) is 19.3 Å². The standard InChI is InChI=1S/C16H21N3O4/c20-14(18-6-1-2-7-18)11-8-12(16(22)23)10-19(9-11)15(21)13-4-3-5-17-13/h3-5,11-12,17H,1-2,6-10H2,(H,22,23)/t11-,12+/m1/s1. The number of aromatic amines is 1. The maximum Gasteiger partial charge on any atom is 0.308 e. The van der Waals surface area contributed by atoms with E-state index in [2.05, 4.69) is 4.98 Å². The van der Waals surface area contributed by atoms with E-state index in [9.17, 15) is 19.5 Å². The molecule has 2 saturated heterocycles. The van der Waals surface area contributed by atoms with Crippen molar-refractivity contribution < 1.29 is 19.5 Å². The molecule has 7 nitrogen and oxygen atoms in total. The quantitative estimate of drug-likeness (QED) is 0.862. The lowest BCUT2D eigenvalue weighted by atomic mass is 9.88. The number of aromatic nitrogens is 1. The lowest BCUT2D eigenvalue weighted by molar-refractivity contribution is -0.146. The average molecular weight is 319 g/mol. The monoisotopic (exact) mass is 319 g/mol. The molecule has 2 fully saturated rings. The Bertz CT molecular complexity index is 592. The molecule has 0 unspecified atom stereocenters. The third-order valence-corrected chi connectivity index (χ3v) is 4.68. The van der Waals surface area contributed by atoms with Crippen LogP contribution >= 0.6 is 0 Å². The van der Waals surface area contributed by atoms with Crippen LogP contribution in [0.1, 0.15) is 29.8 Å². The molecule has 1 aromatic heterocycles. The normalized spacial score (nSPS) is 24.7. The van der Waals surface area contributed by atoms with Gasteiger partial charge in [0.25, 0.3) is 5.91 Å². The van der Waals surface area contributed by atoms with Crippen LogP contribution < -0.4 is 0 Å². The highest BCUT2D eigenvalue weighted by molar-refractivity contribution is 5.93. The number of piperidine rings is 1. The summed E-state index contributed by atoms with van der Waals surface area (Å²) >= 11 is 0. The fourth-order valence-electron chi connectivity index (χ4n) is 3.45. The van der Waals surface area contributed by atoms with Crippen LogP contribution in [0.15, 0.2) is 18.3 Å². The number of nitrogens with zero attached hydrogens (tertiary/aromatic N) is 2. The van der Waals surface area contributed by atoms with Gasteiger partial charge in [-0.1, -0.05) is 0 Å². The fourth-order valence-corrected chi connectivity index (χ4v) is 3.45. The topological polar surface area (TPSA) is 93.7 Å². The molecular formula is C16H21N3O4.